The highest BCUT2D eigenvalue weighted by Gasteiger charge is 2.09. The number of rotatable bonds is 8. The number of methoxy groups -OCH3 is 1. The Morgan fingerprint density at radius 3 is 2.17 bits per heavy atom. The first kappa shape index (κ1) is 18.4. The van der Waals surface area contributed by atoms with Crippen LogP contribution in [0.1, 0.15) is 6.92 Å². The van der Waals surface area contributed by atoms with Crippen LogP contribution in [0.5, 0.6) is 17.2 Å². The highest BCUT2D eigenvalue weighted by Crippen LogP contribution is 2.17. The minimum Gasteiger partial charge on any atom is -0.497 e. The predicted octanol–water partition coefficient (Wildman–Crippen LogP) is 3.26. The number of ether oxygens (including phenoxy) is 3. The van der Waals surface area contributed by atoms with Crippen molar-refractivity contribution in [1.29, 1.82) is 0 Å². The van der Waals surface area contributed by atoms with Crippen LogP contribution in [0.3, 0.4) is 0 Å². The molecule has 2 aromatic carbocycles. The van der Waals surface area contributed by atoms with Crippen LogP contribution in [-0.4, -0.2) is 32.3 Å². The van der Waals surface area contributed by atoms with E-state index in [1.165, 1.54) is 0 Å². The van der Waals surface area contributed by atoms with Gasteiger partial charge in [0.1, 0.15) is 23.9 Å². The number of amides is 1. The summed E-state index contributed by atoms with van der Waals surface area (Å²) in [5.74, 6) is 2.00. The molecule has 128 valence electrons. The quantitative estimate of drug-likeness (QED) is 0.640. The van der Waals surface area contributed by atoms with Crippen molar-refractivity contribution in [3.05, 3.63) is 52.1 Å². The Balaban J connectivity index is 1.69. The second-order valence-corrected chi connectivity index (χ2v) is 6.44. The summed E-state index contributed by atoms with van der Waals surface area (Å²) in [5.41, 5.74) is 0. The van der Waals surface area contributed by atoms with E-state index in [0.717, 1.165) is 15.1 Å². The largest absolute Gasteiger partial charge is 0.497 e. The molecule has 1 atom stereocenters. The van der Waals surface area contributed by atoms with Crippen molar-refractivity contribution in [3.63, 3.8) is 0 Å². The average molecular weight is 441 g/mol. The van der Waals surface area contributed by atoms with Crippen molar-refractivity contribution in [2.45, 2.75) is 13.0 Å². The van der Waals surface area contributed by atoms with Gasteiger partial charge in [0, 0.05) is 3.57 Å². The Morgan fingerprint density at radius 1 is 1.00 bits per heavy atom. The second kappa shape index (κ2) is 9.36. The van der Waals surface area contributed by atoms with Crippen molar-refractivity contribution >= 4 is 28.5 Å². The third-order valence-corrected chi connectivity index (χ3v) is 3.87. The number of carbonyl (C=O) groups is 1. The van der Waals surface area contributed by atoms with Gasteiger partial charge in [-0.05, 0) is 78.0 Å². The topological polar surface area (TPSA) is 56.8 Å². The van der Waals surface area contributed by atoms with E-state index in [1.54, 1.807) is 7.11 Å². The van der Waals surface area contributed by atoms with Crippen LogP contribution in [0.2, 0.25) is 0 Å². The van der Waals surface area contributed by atoms with Crippen LogP contribution in [0.25, 0.3) is 0 Å². The summed E-state index contributed by atoms with van der Waals surface area (Å²) in [4.78, 5) is 11.9. The Hall–Kier alpha value is -1.96. The SMILES string of the molecule is COc1ccc(OCC(C)NC(=O)COc2ccc(I)cc2)cc1. The lowest BCUT2D eigenvalue weighted by atomic mass is 10.3. The summed E-state index contributed by atoms with van der Waals surface area (Å²) in [6, 6.07) is 14.7. The van der Waals surface area contributed by atoms with Gasteiger partial charge in [-0.2, -0.15) is 0 Å². The Kier molecular flexibility index (Phi) is 7.17. The fraction of sp³-hybridized carbons (Fsp3) is 0.278. The van der Waals surface area contributed by atoms with Crippen LogP contribution >= 0.6 is 22.6 Å². The van der Waals surface area contributed by atoms with Crippen LogP contribution in [0.15, 0.2) is 48.5 Å². The lowest BCUT2D eigenvalue weighted by Crippen LogP contribution is -2.39. The highest BCUT2D eigenvalue weighted by atomic mass is 127. The molecule has 2 aromatic rings. The molecule has 0 aromatic heterocycles. The minimum absolute atomic E-state index is 0.0204. The summed E-state index contributed by atoms with van der Waals surface area (Å²) in [5, 5.41) is 2.84. The third-order valence-electron chi connectivity index (χ3n) is 3.15. The fourth-order valence-corrected chi connectivity index (χ4v) is 2.29. The van der Waals surface area contributed by atoms with E-state index in [-0.39, 0.29) is 18.6 Å². The third kappa shape index (κ3) is 6.27. The van der Waals surface area contributed by atoms with Crippen LogP contribution in [0.4, 0.5) is 0 Å². The second-order valence-electron chi connectivity index (χ2n) is 5.20. The van der Waals surface area contributed by atoms with E-state index < -0.39 is 0 Å². The first-order valence-electron chi connectivity index (χ1n) is 7.51. The van der Waals surface area contributed by atoms with Crippen LogP contribution in [-0.2, 0) is 4.79 Å². The standard InChI is InChI=1S/C18H20INO4/c1-13(11-23-17-9-7-15(22-2)8-10-17)20-18(21)12-24-16-5-3-14(19)4-6-16/h3-10,13H,11-12H2,1-2H3,(H,20,21). The molecule has 0 aliphatic rings. The normalized spacial score (nSPS) is 11.5. The average Bonchev–Trinajstić information content (AvgIpc) is 2.60. The maximum Gasteiger partial charge on any atom is 0.258 e. The van der Waals surface area contributed by atoms with E-state index in [2.05, 4.69) is 27.9 Å². The van der Waals surface area contributed by atoms with Crippen molar-refractivity contribution < 1.29 is 19.0 Å². The maximum absolute atomic E-state index is 11.9. The first-order valence-corrected chi connectivity index (χ1v) is 8.59. The molecule has 0 fully saturated rings. The fourth-order valence-electron chi connectivity index (χ4n) is 1.93. The number of hydrogen-bond acceptors (Lipinski definition) is 4. The van der Waals surface area contributed by atoms with Gasteiger partial charge in [0.2, 0.25) is 0 Å². The lowest BCUT2D eigenvalue weighted by molar-refractivity contribution is -0.123. The Morgan fingerprint density at radius 2 is 1.54 bits per heavy atom. The summed E-state index contributed by atoms with van der Waals surface area (Å²) < 4.78 is 17.3. The summed E-state index contributed by atoms with van der Waals surface area (Å²) >= 11 is 2.22. The number of hydrogen-bond donors (Lipinski definition) is 1. The zero-order valence-corrected chi connectivity index (χ0v) is 15.8. The van der Waals surface area contributed by atoms with E-state index in [0.29, 0.717) is 12.4 Å². The van der Waals surface area contributed by atoms with Crippen molar-refractivity contribution in [2.24, 2.45) is 0 Å². The van der Waals surface area contributed by atoms with Gasteiger partial charge in [0.15, 0.2) is 6.61 Å². The predicted molar refractivity (Wildman–Crippen MR) is 101 cm³/mol. The molecule has 0 spiro atoms. The molecule has 24 heavy (non-hydrogen) atoms. The smallest absolute Gasteiger partial charge is 0.258 e. The molecule has 0 aliphatic carbocycles. The van der Waals surface area contributed by atoms with Gasteiger partial charge in [-0.15, -0.1) is 0 Å². The van der Waals surface area contributed by atoms with Gasteiger partial charge in [0.25, 0.3) is 5.91 Å². The van der Waals surface area contributed by atoms with E-state index in [4.69, 9.17) is 14.2 Å². The van der Waals surface area contributed by atoms with E-state index >= 15 is 0 Å². The Bertz CT molecular complexity index is 643. The van der Waals surface area contributed by atoms with Crippen molar-refractivity contribution in [1.82, 2.24) is 5.32 Å². The zero-order valence-electron chi connectivity index (χ0n) is 13.6. The molecule has 1 amide bonds. The number of benzene rings is 2. The number of halogens is 1. The molecule has 0 heterocycles. The molecular weight excluding hydrogens is 421 g/mol. The van der Waals surface area contributed by atoms with Gasteiger partial charge < -0.3 is 19.5 Å². The molecule has 5 nitrogen and oxygen atoms in total. The Labute approximate surface area is 155 Å². The van der Waals surface area contributed by atoms with E-state index in [1.807, 2.05) is 55.5 Å². The molecule has 0 radical (unpaired) electrons. The van der Waals surface area contributed by atoms with Crippen LogP contribution in [0, 0.1) is 3.57 Å². The number of carbonyl (C=O) groups excluding carboxylic acids is 1. The van der Waals surface area contributed by atoms with Gasteiger partial charge >= 0.3 is 0 Å². The summed E-state index contributed by atoms with van der Waals surface area (Å²) in [6.45, 7) is 2.24. The lowest BCUT2D eigenvalue weighted by Gasteiger charge is -2.15. The molecule has 2 rings (SSSR count). The molecule has 0 aliphatic heterocycles. The van der Waals surface area contributed by atoms with Gasteiger partial charge in [0.05, 0.1) is 13.2 Å². The van der Waals surface area contributed by atoms with Gasteiger partial charge in [-0.25, -0.2) is 0 Å². The monoisotopic (exact) mass is 441 g/mol. The molecule has 0 saturated heterocycles. The maximum atomic E-state index is 11.9. The molecule has 0 bridgehead atoms. The number of nitrogens with one attached hydrogen (secondary N) is 1. The minimum atomic E-state index is -0.181. The molecule has 6 heteroatoms. The molecule has 0 saturated carbocycles. The molecular formula is C18H20INO4. The summed E-state index contributed by atoms with van der Waals surface area (Å²) in [7, 11) is 1.62. The van der Waals surface area contributed by atoms with Crippen molar-refractivity contribution in [2.75, 3.05) is 20.3 Å². The van der Waals surface area contributed by atoms with Gasteiger partial charge in [-0.1, -0.05) is 0 Å². The summed E-state index contributed by atoms with van der Waals surface area (Å²) in [6.07, 6.45) is 0. The van der Waals surface area contributed by atoms with E-state index in [9.17, 15) is 4.79 Å². The zero-order chi connectivity index (χ0) is 17.4. The molecule has 1 unspecified atom stereocenters. The first-order chi connectivity index (χ1) is 11.6. The molecule has 1 N–H and O–H groups in total. The van der Waals surface area contributed by atoms with Crippen LogP contribution < -0.4 is 19.5 Å². The van der Waals surface area contributed by atoms with Gasteiger partial charge in [-0.3, -0.25) is 4.79 Å². The van der Waals surface area contributed by atoms with Crippen molar-refractivity contribution in [3.8, 4) is 17.2 Å². The highest BCUT2D eigenvalue weighted by molar-refractivity contribution is 14.1.